The Balaban J connectivity index is 3.59. The molecule has 3 heteroatoms. The van der Waals surface area contributed by atoms with E-state index in [1.54, 1.807) is 0 Å². The maximum Gasteiger partial charge on any atom is 0.0436 e. The first kappa shape index (κ1) is 11.9. The minimum Gasteiger partial charge on any atom is -0.396 e. The number of rotatable bonds is 6. The van der Waals surface area contributed by atoms with Crippen molar-refractivity contribution < 1.29 is 5.11 Å². The number of aliphatic hydroxyl groups is 1. The normalized spacial score (nSPS) is 14.8. The van der Waals surface area contributed by atoms with Crippen molar-refractivity contribution in [1.82, 2.24) is 5.32 Å². The maximum atomic E-state index is 8.77. The zero-order valence-electron chi connectivity index (χ0n) is 8.43. The van der Waals surface area contributed by atoms with Gasteiger partial charge in [-0.3, -0.25) is 0 Å². The molecule has 0 rings (SSSR count). The van der Waals surface area contributed by atoms with Crippen molar-refractivity contribution in [3.8, 4) is 0 Å². The lowest BCUT2D eigenvalue weighted by Gasteiger charge is -2.25. The minimum atomic E-state index is 0.165. The number of nitrogens with two attached hydrogens (primary N) is 1. The Morgan fingerprint density at radius 2 is 2.08 bits per heavy atom. The number of aliphatic hydroxyl groups excluding tert-OH is 1. The maximum absolute atomic E-state index is 8.77. The van der Waals surface area contributed by atoms with Gasteiger partial charge in [-0.05, 0) is 18.8 Å². The van der Waals surface area contributed by atoms with E-state index in [0.717, 1.165) is 13.0 Å². The van der Waals surface area contributed by atoms with Crippen molar-refractivity contribution in [2.75, 3.05) is 19.7 Å². The lowest BCUT2D eigenvalue weighted by Crippen LogP contribution is -2.39. The molecule has 0 aromatic heterocycles. The summed E-state index contributed by atoms with van der Waals surface area (Å²) in [5, 5.41) is 12.1. The molecule has 74 valence electrons. The zero-order valence-corrected chi connectivity index (χ0v) is 8.43. The second-order valence-corrected chi connectivity index (χ2v) is 4.16. The van der Waals surface area contributed by atoms with Crippen LogP contribution in [0, 0.1) is 5.41 Å². The van der Waals surface area contributed by atoms with Crippen LogP contribution in [0.4, 0.5) is 0 Å². The summed E-state index contributed by atoms with van der Waals surface area (Å²) in [6.45, 7) is 8.17. The molecule has 0 spiro atoms. The zero-order chi connectivity index (χ0) is 9.61. The summed E-state index contributed by atoms with van der Waals surface area (Å²) in [4.78, 5) is 0. The van der Waals surface area contributed by atoms with Crippen LogP contribution in [0.5, 0.6) is 0 Å². The van der Waals surface area contributed by atoms with E-state index in [-0.39, 0.29) is 12.0 Å². The smallest absolute Gasteiger partial charge is 0.0436 e. The molecule has 0 aromatic rings. The van der Waals surface area contributed by atoms with Crippen LogP contribution in [0.2, 0.25) is 0 Å². The molecule has 3 nitrogen and oxygen atoms in total. The fraction of sp³-hybridized carbons (Fsp3) is 1.00. The van der Waals surface area contributed by atoms with Gasteiger partial charge in [-0.25, -0.2) is 0 Å². The highest BCUT2D eigenvalue weighted by Crippen LogP contribution is 2.17. The summed E-state index contributed by atoms with van der Waals surface area (Å²) >= 11 is 0. The number of nitrogens with one attached hydrogen (secondary N) is 1. The first-order chi connectivity index (χ1) is 5.52. The Labute approximate surface area is 75.3 Å². The Hall–Kier alpha value is -0.120. The van der Waals surface area contributed by atoms with Gasteiger partial charge in [-0.1, -0.05) is 13.8 Å². The van der Waals surface area contributed by atoms with E-state index >= 15 is 0 Å². The fourth-order valence-corrected chi connectivity index (χ4v) is 0.925. The summed E-state index contributed by atoms with van der Waals surface area (Å²) < 4.78 is 0. The number of hydrogen-bond acceptors (Lipinski definition) is 3. The van der Waals surface area contributed by atoms with E-state index in [1.807, 2.05) is 0 Å². The van der Waals surface area contributed by atoms with Gasteiger partial charge in [0.2, 0.25) is 0 Å². The van der Waals surface area contributed by atoms with E-state index in [1.165, 1.54) is 0 Å². The standard InChI is InChI=1S/C9H22N2O/c1-8(6-10)11-7-9(2,3)4-5-12/h8,11-12H,4-7,10H2,1-3H3. The summed E-state index contributed by atoms with van der Waals surface area (Å²) in [5.74, 6) is 0. The molecule has 0 fully saturated rings. The van der Waals surface area contributed by atoms with E-state index in [2.05, 4.69) is 26.1 Å². The summed E-state index contributed by atoms with van der Waals surface area (Å²) in [5.41, 5.74) is 5.63. The molecule has 0 heterocycles. The van der Waals surface area contributed by atoms with Gasteiger partial charge >= 0.3 is 0 Å². The largest absolute Gasteiger partial charge is 0.396 e. The van der Waals surface area contributed by atoms with E-state index in [4.69, 9.17) is 10.8 Å². The molecule has 0 aliphatic carbocycles. The molecule has 0 radical (unpaired) electrons. The molecule has 0 bridgehead atoms. The highest BCUT2D eigenvalue weighted by molar-refractivity contribution is 4.73. The van der Waals surface area contributed by atoms with Gasteiger partial charge in [0.25, 0.3) is 0 Å². The molecule has 1 unspecified atom stereocenters. The van der Waals surface area contributed by atoms with Gasteiger partial charge in [0.15, 0.2) is 0 Å². The third kappa shape index (κ3) is 5.52. The second kappa shape index (κ2) is 5.51. The Morgan fingerprint density at radius 3 is 2.50 bits per heavy atom. The third-order valence-corrected chi connectivity index (χ3v) is 2.07. The highest BCUT2D eigenvalue weighted by Gasteiger charge is 2.17. The Kier molecular flexibility index (Phi) is 5.46. The first-order valence-electron chi connectivity index (χ1n) is 4.56. The van der Waals surface area contributed by atoms with Gasteiger partial charge in [-0.2, -0.15) is 0 Å². The molecule has 0 amide bonds. The lowest BCUT2D eigenvalue weighted by atomic mass is 9.89. The molecule has 0 aliphatic heterocycles. The molecule has 0 saturated heterocycles. The van der Waals surface area contributed by atoms with Crippen LogP contribution in [0.15, 0.2) is 0 Å². The van der Waals surface area contributed by atoms with Gasteiger partial charge < -0.3 is 16.2 Å². The third-order valence-electron chi connectivity index (χ3n) is 2.07. The van der Waals surface area contributed by atoms with Crippen LogP contribution in [-0.4, -0.2) is 30.8 Å². The molecule has 0 saturated carbocycles. The Morgan fingerprint density at radius 1 is 1.50 bits per heavy atom. The first-order valence-corrected chi connectivity index (χ1v) is 4.56. The van der Waals surface area contributed by atoms with Gasteiger partial charge in [0.05, 0.1) is 0 Å². The van der Waals surface area contributed by atoms with Crippen LogP contribution >= 0.6 is 0 Å². The molecule has 1 atom stereocenters. The van der Waals surface area contributed by atoms with Crippen molar-refractivity contribution in [2.45, 2.75) is 33.2 Å². The van der Waals surface area contributed by atoms with Gasteiger partial charge in [-0.15, -0.1) is 0 Å². The van der Waals surface area contributed by atoms with Crippen molar-refractivity contribution in [1.29, 1.82) is 0 Å². The average Bonchev–Trinajstić information content (AvgIpc) is 2.00. The predicted molar refractivity (Wildman–Crippen MR) is 52.0 cm³/mol. The number of hydrogen-bond donors (Lipinski definition) is 3. The Bertz CT molecular complexity index is 115. The minimum absolute atomic E-state index is 0.165. The van der Waals surface area contributed by atoms with Crippen molar-refractivity contribution >= 4 is 0 Å². The van der Waals surface area contributed by atoms with Crippen LogP contribution in [-0.2, 0) is 0 Å². The van der Waals surface area contributed by atoms with Gasteiger partial charge in [0.1, 0.15) is 0 Å². The molecule has 0 aliphatic rings. The van der Waals surface area contributed by atoms with Crippen LogP contribution in [0.25, 0.3) is 0 Å². The summed E-state index contributed by atoms with van der Waals surface area (Å²) in [7, 11) is 0. The summed E-state index contributed by atoms with van der Waals surface area (Å²) in [6.07, 6.45) is 0.831. The molecular formula is C9H22N2O. The van der Waals surface area contributed by atoms with Crippen LogP contribution < -0.4 is 11.1 Å². The average molecular weight is 174 g/mol. The van der Waals surface area contributed by atoms with Crippen molar-refractivity contribution in [3.05, 3.63) is 0 Å². The lowest BCUT2D eigenvalue weighted by molar-refractivity contribution is 0.204. The van der Waals surface area contributed by atoms with E-state index < -0.39 is 0 Å². The van der Waals surface area contributed by atoms with E-state index in [0.29, 0.717) is 12.6 Å². The highest BCUT2D eigenvalue weighted by atomic mass is 16.3. The molecule has 4 N–H and O–H groups in total. The van der Waals surface area contributed by atoms with Crippen LogP contribution in [0.3, 0.4) is 0 Å². The monoisotopic (exact) mass is 174 g/mol. The topological polar surface area (TPSA) is 58.3 Å². The second-order valence-electron chi connectivity index (χ2n) is 4.16. The SMILES string of the molecule is CC(CN)NCC(C)(C)CCO. The molecule has 0 aromatic carbocycles. The van der Waals surface area contributed by atoms with Crippen molar-refractivity contribution in [3.63, 3.8) is 0 Å². The molecular weight excluding hydrogens is 152 g/mol. The summed E-state index contributed by atoms with van der Waals surface area (Å²) in [6, 6.07) is 0.364. The molecule has 12 heavy (non-hydrogen) atoms. The van der Waals surface area contributed by atoms with Crippen molar-refractivity contribution in [2.24, 2.45) is 11.1 Å². The van der Waals surface area contributed by atoms with Gasteiger partial charge in [0, 0.05) is 25.7 Å². The van der Waals surface area contributed by atoms with Crippen LogP contribution in [0.1, 0.15) is 27.2 Å². The predicted octanol–water partition coefficient (Wildman–Crippen LogP) is 0.332. The quantitative estimate of drug-likeness (QED) is 0.544. The fourth-order valence-electron chi connectivity index (χ4n) is 0.925. The van der Waals surface area contributed by atoms with E-state index in [9.17, 15) is 0 Å².